The van der Waals surface area contributed by atoms with Crippen LogP contribution in [0.15, 0.2) is 18.2 Å². The second-order valence-corrected chi connectivity index (χ2v) is 4.34. The van der Waals surface area contributed by atoms with Gasteiger partial charge in [0.1, 0.15) is 0 Å². The lowest BCUT2D eigenvalue weighted by Crippen LogP contribution is -2.12. The molecule has 1 aliphatic carbocycles. The molecule has 0 aliphatic heterocycles. The molecule has 0 radical (unpaired) electrons. The van der Waals surface area contributed by atoms with Crippen molar-refractivity contribution in [1.29, 1.82) is 0 Å². The van der Waals surface area contributed by atoms with Gasteiger partial charge < -0.3 is 5.11 Å². The Hall–Kier alpha value is -0.530. The fraction of sp³-hybridized carbons (Fsp3) is 0.455. The van der Waals surface area contributed by atoms with Crippen molar-refractivity contribution in [3.63, 3.8) is 0 Å². The molecule has 0 spiro atoms. The van der Waals surface area contributed by atoms with Crippen LogP contribution in [0.2, 0.25) is 5.02 Å². The quantitative estimate of drug-likeness (QED) is 0.771. The lowest BCUT2D eigenvalue weighted by atomic mass is 10.0. The molecule has 0 aromatic heterocycles. The molecule has 0 atom stereocenters. The maximum atomic E-state index is 9.77. The first-order valence-corrected chi connectivity index (χ1v) is 4.95. The Kier molecular flexibility index (Phi) is 2.09. The second kappa shape index (κ2) is 3.00. The zero-order valence-corrected chi connectivity index (χ0v) is 8.43. The molecular formula is C11H13ClO. The fourth-order valence-electron chi connectivity index (χ4n) is 1.54. The van der Waals surface area contributed by atoms with Gasteiger partial charge in [-0.2, -0.15) is 0 Å². The Labute approximate surface area is 83.3 Å². The molecule has 0 amide bonds. The fourth-order valence-corrected chi connectivity index (χ4v) is 1.83. The van der Waals surface area contributed by atoms with Gasteiger partial charge in [-0.25, -0.2) is 0 Å². The Balaban J connectivity index is 2.28. The maximum absolute atomic E-state index is 9.77. The zero-order valence-electron chi connectivity index (χ0n) is 7.68. The van der Waals surface area contributed by atoms with Crippen LogP contribution in [0.3, 0.4) is 0 Å². The van der Waals surface area contributed by atoms with Gasteiger partial charge in [-0.05, 0) is 37.0 Å². The Morgan fingerprint density at radius 3 is 2.69 bits per heavy atom. The largest absolute Gasteiger partial charge is 0.390 e. The van der Waals surface area contributed by atoms with Gasteiger partial charge >= 0.3 is 0 Å². The van der Waals surface area contributed by atoms with Crippen LogP contribution in [0.25, 0.3) is 0 Å². The number of benzene rings is 1. The van der Waals surface area contributed by atoms with Crippen molar-refractivity contribution in [2.24, 2.45) is 0 Å². The van der Waals surface area contributed by atoms with Crippen LogP contribution in [0.1, 0.15) is 24.0 Å². The van der Waals surface area contributed by atoms with Gasteiger partial charge in [0, 0.05) is 11.4 Å². The number of halogens is 1. The van der Waals surface area contributed by atoms with E-state index in [4.69, 9.17) is 11.6 Å². The average molecular weight is 197 g/mol. The van der Waals surface area contributed by atoms with Crippen LogP contribution in [0, 0.1) is 6.92 Å². The zero-order chi connectivity index (χ0) is 9.47. The van der Waals surface area contributed by atoms with Crippen molar-refractivity contribution < 1.29 is 5.11 Å². The minimum Gasteiger partial charge on any atom is -0.390 e. The van der Waals surface area contributed by atoms with E-state index in [1.165, 1.54) is 5.56 Å². The molecule has 1 nitrogen and oxygen atoms in total. The molecule has 1 fully saturated rings. The minimum atomic E-state index is -0.449. The topological polar surface area (TPSA) is 20.2 Å². The summed E-state index contributed by atoms with van der Waals surface area (Å²) in [4.78, 5) is 0. The van der Waals surface area contributed by atoms with Crippen molar-refractivity contribution in [3.8, 4) is 0 Å². The molecule has 1 aromatic rings. The van der Waals surface area contributed by atoms with E-state index < -0.39 is 5.60 Å². The van der Waals surface area contributed by atoms with E-state index in [-0.39, 0.29) is 0 Å². The van der Waals surface area contributed by atoms with Crippen LogP contribution >= 0.6 is 11.6 Å². The van der Waals surface area contributed by atoms with Crippen LogP contribution < -0.4 is 0 Å². The molecule has 1 aromatic carbocycles. The highest BCUT2D eigenvalue weighted by Crippen LogP contribution is 2.40. The predicted octanol–water partition coefficient (Wildman–Crippen LogP) is 2.72. The van der Waals surface area contributed by atoms with Gasteiger partial charge in [0.05, 0.1) is 5.60 Å². The number of hydrogen-bond acceptors (Lipinski definition) is 1. The highest BCUT2D eigenvalue weighted by Gasteiger charge is 2.40. The summed E-state index contributed by atoms with van der Waals surface area (Å²) in [5.41, 5.74) is 1.83. The molecule has 0 saturated heterocycles. The van der Waals surface area contributed by atoms with Crippen molar-refractivity contribution in [3.05, 3.63) is 34.3 Å². The van der Waals surface area contributed by atoms with E-state index >= 15 is 0 Å². The smallest absolute Gasteiger partial charge is 0.0690 e. The first-order valence-electron chi connectivity index (χ1n) is 4.57. The van der Waals surface area contributed by atoms with Gasteiger partial charge in [-0.3, -0.25) is 0 Å². The monoisotopic (exact) mass is 196 g/mol. The summed E-state index contributed by atoms with van der Waals surface area (Å²) in [6.45, 7) is 2.03. The molecular weight excluding hydrogens is 184 g/mol. The number of hydrogen-bond donors (Lipinski definition) is 1. The van der Waals surface area contributed by atoms with E-state index in [1.807, 2.05) is 25.1 Å². The summed E-state index contributed by atoms with van der Waals surface area (Å²) in [6.07, 6.45) is 2.54. The van der Waals surface area contributed by atoms with Crippen molar-refractivity contribution in [1.82, 2.24) is 0 Å². The molecule has 0 bridgehead atoms. The third-order valence-electron chi connectivity index (χ3n) is 2.69. The summed E-state index contributed by atoms with van der Waals surface area (Å²) in [7, 11) is 0. The summed E-state index contributed by atoms with van der Waals surface area (Å²) in [5, 5.41) is 10.6. The second-order valence-electron chi connectivity index (χ2n) is 3.94. The standard InChI is InChI=1S/C11H13ClO/c1-8-3-2-4-10(12)9(8)7-11(13)5-6-11/h2-4,13H,5-7H2,1H3. The van der Waals surface area contributed by atoms with E-state index in [2.05, 4.69) is 0 Å². The molecule has 2 heteroatoms. The van der Waals surface area contributed by atoms with Crippen molar-refractivity contribution in [2.75, 3.05) is 0 Å². The van der Waals surface area contributed by atoms with Crippen LogP contribution in [0.4, 0.5) is 0 Å². The van der Waals surface area contributed by atoms with Crippen LogP contribution in [-0.4, -0.2) is 10.7 Å². The Morgan fingerprint density at radius 2 is 2.15 bits per heavy atom. The Morgan fingerprint density at radius 1 is 1.46 bits per heavy atom. The number of aliphatic hydroxyl groups is 1. The Bertz CT molecular complexity index is 309. The van der Waals surface area contributed by atoms with Gasteiger partial charge in [0.2, 0.25) is 0 Å². The highest BCUT2D eigenvalue weighted by atomic mass is 35.5. The van der Waals surface area contributed by atoms with Crippen molar-refractivity contribution in [2.45, 2.75) is 31.8 Å². The van der Waals surface area contributed by atoms with Gasteiger partial charge in [-0.15, -0.1) is 0 Å². The number of aryl methyl sites for hydroxylation is 1. The van der Waals surface area contributed by atoms with Gasteiger partial charge in [-0.1, -0.05) is 23.7 Å². The average Bonchev–Trinajstić information content (AvgIpc) is 2.78. The van der Waals surface area contributed by atoms with E-state index in [1.54, 1.807) is 0 Å². The third kappa shape index (κ3) is 1.87. The van der Waals surface area contributed by atoms with E-state index in [9.17, 15) is 5.11 Å². The molecule has 70 valence electrons. The summed E-state index contributed by atoms with van der Waals surface area (Å²) in [5.74, 6) is 0. The maximum Gasteiger partial charge on any atom is 0.0690 e. The van der Waals surface area contributed by atoms with Crippen LogP contribution in [0.5, 0.6) is 0 Å². The predicted molar refractivity (Wildman–Crippen MR) is 54.1 cm³/mol. The number of rotatable bonds is 2. The molecule has 0 unspecified atom stereocenters. The molecule has 1 saturated carbocycles. The molecule has 1 N–H and O–H groups in total. The lowest BCUT2D eigenvalue weighted by molar-refractivity contribution is 0.151. The SMILES string of the molecule is Cc1cccc(Cl)c1CC1(O)CC1. The summed E-state index contributed by atoms with van der Waals surface area (Å²) < 4.78 is 0. The lowest BCUT2D eigenvalue weighted by Gasteiger charge is -2.11. The van der Waals surface area contributed by atoms with Gasteiger partial charge in [0.25, 0.3) is 0 Å². The van der Waals surface area contributed by atoms with E-state index in [0.29, 0.717) is 6.42 Å². The first kappa shape index (κ1) is 9.04. The van der Waals surface area contributed by atoms with E-state index in [0.717, 1.165) is 23.4 Å². The van der Waals surface area contributed by atoms with Crippen molar-refractivity contribution >= 4 is 11.6 Å². The molecule has 1 aliphatic rings. The third-order valence-corrected chi connectivity index (χ3v) is 3.04. The normalized spacial score (nSPS) is 18.7. The minimum absolute atomic E-state index is 0.449. The highest BCUT2D eigenvalue weighted by molar-refractivity contribution is 6.31. The van der Waals surface area contributed by atoms with Crippen LogP contribution in [-0.2, 0) is 6.42 Å². The summed E-state index contributed by atoms with van der Waals surface area (Å²) in [6, 6.07) is 5.86. The first-order chi connectivity index (χ1) is 6.11. The summed E-state index contributed by atoms with van der Waals surface area (Å²) >= 11 is 6.05. The molecule has 0 heterocycles. The molecule has 13 heavy (non-hydrogen) atoms. The van der Waals surface area contributed by atoms with Gasteiger partial charge in [0.15, 0.2) is 0 Å². The molecule has 2 rings (SSSR count).